The summed E-state index contributed by atoms with van der Waals surface area (Å²) in [4.78, 5) is 31.5. The monoisotopic (exact) mass is 448 g/mol. The Morgan fingerprint density at radius 2 is 2.09 bits per heavy atom. The molecule has 9 nitrogen and oxygen atoms in total. The minimum atomic E-state index is -0.517. The van der Waals surface area contributed by atoms with Crippen LogP contribution in [0, 0.1) is 0 Å². The van der Waals surface area contributed by atoms with Gasteiger partial charge in [0.2, 0.25) is 0 Å². The number of hydrogen-bond donors (Lipinski definition) is 2. The van der Waals surface area contributed by atoms with Crippen LogP contribution in [-0.4, -0.2) is 60.3 Å². The summed E-state index contributed by atoms with van der Waals surface area (Å²) in [6, 6.07) is 10.7. The number of pyridine rings is 1. The molecule has 0 bridgehead atoms. The first-order valence-electron chi connectivity index (χ1n) is 11.0. The molecule has 0 aliphatic carbocycles. The third-order valence-corrected chi connectivity index (χ3v) is 6.06. The molecule has 3 atom stereocenters. The lowest BCUT2D eigenvalue weighted by Gasteiger charge is -2.21. The van der Waals surface area contributed by atoms with Gasteiger partial charge >= 0.3 is 0 Å². The summed E-state index contributed by atoms with van der Waals surface area (Å²) in [6.45, 7) is 4.30. The Bertz CT molecular complexity index is 1160. The van der Waals surface area contributed by atoms with E-state index in [9.17, 15) is 14.7 Å². The predicted molar refractivity (Wildman–Crippen MR) is 123 cm³/mol. The van der Waals surface area contributed by atoms with Crippen molar-refractivity contribution in [3.05, 3.63) is 71.6 Å². The molecule has 172 valence electrons. The molecule has 1 fully saturated rings. The Kier molecular flexibility index (Phi) is 6.50. The van der Waals surface area contributed by atoms with Gasteiger partial charge in [0.1, 0.15) is 17.8 Å². The van der Waals surface area contributed by atoms with E-state index in [0.717, 1.165) is 17.8 Å². The van der Waals surface area contributed by atoms with E-state index < -0.39 is 12.0 Å². The van der Waals surface area contributed by atoms with E-state index in [1.54, 1.807) is 17.3 Å². The maximum Gasteiger partial charge on any atom is 0.274 e. The number of carbonyl (C=O) groups is 2. The number of hydrogen-bond acceptors (Lipinski definition) is 6. The van der Waals surface area contributed by atoms with Crippen LogP contribution in [0.25, 0.3) is 0 Å². The van der Waals surface area contributed by atoms with E-state index in [-0.39, 0.29) is 23.6 Å². The summed E-state index contributed by atoms with van der Waals surface area (Å²) in [5.74, 6) is 0.469. The van der Waals surface area contributed by atoms with Crippen LogP contribution in [0.2, 0.25) is 0 Å². The van der Waals surface area contributed by atoms with E-state index in [1.165, 1.54) is 12.3 Å². The fourth-order valence-corrected chi connectivity index (χ4v) is 4.14. The van der Waals surface area contributed by atoms with Crippen molar-refractivity contribution in [3.8, 4) is 0 Å². The Balaban J connectivity index is 1.45. The number of amides is 2. The predicted octanol–water partition coefficient (Wildman–Crippen LogP) is 2.40. The normalized spacial score (nSPS) is 18.8. The molecular formula is C24H28N6O3. The molecule has 2 aromatic heterocycles. The van der Waals surface area contributed by atoms with Crippen molar-refractivity contribution in [1.82, 2.24) is 24.6 Å². The average Bonchev–Trinajstić information content (AvgIpc) is 3.37. The molecule has 0 spiro atoms. The molecule has 2 amide bonds. The van der Waals surface area contributed by atoms with Crippen molar-refractivity contribution in [2.45, 2.75) is 44.8 Å². The largest absolute Gasteiger partial charge is 0.391 e. The molecule has 0 unspecified atom stereocenters. The maximum atomic E-state index is 12.9. The van der Waals surface area contributed by atoms with Gasteiger partial charge in [-0.05, 0) is 49.1 Å². The van der Waals surface area contributed by atoms with Crippen molar-refractivity contribution in [1.29, 1.82) is 0 Å². The van der Waals surface area contributed by atoms with Crippen molar-refractivity contribution in [2.24, 2.45) is 7.05 Å². The smallest absolute Gasteiger partial charge is 0.274 e. The van der Waals surface area contributed by atoms with Crippen LogP contribution in [0.15, 0.2) is 48.9 Å². The molecule has 0 saturated carbocycles. The minimum Gasteiger partial charge on any atom is -0.391 e. The summed E-state index contributed by atoms with van der Waals surface area (Å²) in [5, 5.41) is 20.8. The highest BCUT2D eigenvalue weighted by atomic mass is 16.3. The molecule has 9 heteroatoms. The molecule has 1 aliphatic rings. The van der Waals surface area contributed by atoms with Crippen molar-refractivity contribution >= 4 is 17.5 Å². The summed E-state index contributed by atoms with van der Waals surface area (Å²) in [6.07, 6.45) is 3.89. The molecule has 3 heterocycles. The molecule has 3 aromatic rings. The zero-order valence-electron chi connectivity index (χ0n) is 19.0. The number of aliphatic hydroxyl groups excluding tert-OH is 1. The van der Waals surface area contributed by atoms with E-state index in [0.29, 0.717) is 24.2 Å². The molecule has 1 aromatic carbocycles. The molecule has 33 heavy (non-hydrogen) atoms. The third kappa shape index (κ3) is 5.09. The average molecular weight is 449 g/mol. The first-order valence-corrected chi connectivity index (χ1v) is 11.0. The molecule has 4 rings (SSSR count). The van der Waals surface area contributed by atoms with Gasteiger partial charge in [0.15, 0.2) is 0 Å². The second-order valence-corrected chi connectivity index (χ2v) is 8.67. The number of aromatic nitrogens is 4. The molecule has 1 saturated heterocycles. The Labute approximate surface area is 192 Å². The first-order chi connectivity index (χ1) is 15.8. The van der Waals surface area contributed by atoms with Crippen LogP contribution in [-0.2, 0) is 13.5 Å². The quantitative estimate of drug-likeness (QED) is 0.599. The van der Waals surface area contributed by atoms with Gasteiger partial charge in [0.25, 0.3) is 11.8 Å². The van der Waals surface area contributed by atoms with Crippen LogP contribution in [0.5, 0.6) is 0 Å². The Morgan fingerprint density at radius 1 is 1.27 bits per heavy atom. The Hall–Kier alpha value is -3.59. The van der Waals surface area contributed by atoms with Crippen LogP contribution in [0.4, 0.5) is 5.69 Å². The number of likely N-dealkylation sites (tertiary alicyclic amines) is 1. The van der Waals surface area contributed by atoms with Gasteiger partial charge in [-0.2, -0.15) is 0 Å². The number of benzene rings is 1. The van der Waals surface area contributed by atoms with Gasteiger partial charge in [-0.3, -0.25) is 14.6 Å². The zero-order chi connectivity index (χ0) is 23.5. The third-order valence-electron chi connectivity index (χ3n) is 6.06. The summed E-state index contributed by atoms with van der Waals surface area (Å²) >= 11 is 0. The van der Waals surface area contributed by atoms with Crippen molar-refractivity contribution in [2.75, 3.05) is 11.9 Å². The van der Waals surface area contributed by atoms with Gasteiger partial charge in [-0.25, -0.2) is 0 Å². The van der Waals surface area contributed by atoms with Gasteiger partial charge in [-0.15, -0.1) is 10.2 Å². The van der Waals surface area contributed by atoms with Gasteiger partial charge in [-0.1, -0.05) is 19.1 Å². The van der Waals surface area contributed by atoms with E-state index in [1.807, 2.05) is 42.8 Å². The molecular weight excluding hydrogens is 420 g/mol. The number of β-amino-alcohol motifs (C(OH)–C–C–N with tert-alkyl or cyclic N) is 1. The highest BCUT2D eigenvalue weighted by Crippen LogP contribution is 2.23. The summed E-state index contributed by atoms with van der Waals surface area (Å²) in [5.41, 5.74) is 2.25. The van der Waals surface area contributed by atoms with Crippen LogP contribution in [0.1, 0.15) is 58.4 Å². The minimum absolute atomic E-state index is 0.0517. The summed E-state index contributed by atoms with van der Waals surface area (Å²) < 4.78 is 1.89. The van der Waals surface area contributed by atoms with E-state index in [4.69, 9.17) is 0 Å². The van der Waals surface area contributed by atoms with Gasteiger partial charge < -0.3 is 19.9 Å². The lowest BCUT2D eigenvalue weighted by Crippen LogP contribution is -2.34. The van der Waals surface area contributed by atoms with Gasteiger partial charge in [0, 0.05) is 43.5 Å². The Morgan fingerprint density at radius 3 is 2.79 bits per heavy atom. The van der Waals surface area contributed by atoms with E-state index in [2.05, 4.69) is 27.4 Å². The van der Waals surface area contributed by atoms with Crippen LogP contribution < -0.4 is 5.32 Å². The maximum absolute atomic E-state index is 12.9. The van der Waals surface area contributed by atoms with E-state index >= 15 is 0 Å². The number of nitrogens with zero attached hydrogens (tertiary/aromatic N) is 5. The highest BCUT2D eigenvalue weighted by molar-refractivity contribution is 6.04. The molecule has 2 N–H and O–H groups in total. The lowest BCUT2D eigenvalue weighted by atomic mass is 9.97. The molecule has 1 aliphatic heterocycles. The second kappa shape index (κ2) is 9.50. The first kappa shape index (κ1) is 22.6. The number of aliphatic hydroxyl groups is 1. The number of carbonyl (C=O) groups excluding carboxylic acids is 2. The van der Waals surface area contributed by atoms with Crippen LogP contribution in [0.3, 0.4) is 0 Å². The summed E-state index contributed by atoms with van der Waals surface area (Å²) in [7, 11) is 1.91. The number of nitrogens with one attached hydrogen (secondary N) is 1. The number of rotatable bonds is 6. The zero-order valence-corrected chi connectivity index (χ0v) is 19.0. The number of anilines is 1. The topological polar surface area (TPSA) is 113 Å². The van der Waals surface area contributed by atoms with Gasteiger partial charge in [0.05, 0.1) is 6.10 Å². The standard InChI is InChI=1S/C24H28N6O3/c1-15(9-22-28-26-14-29(22)3)17-5-4-6-19(11-17)27-23(32)21-12-18(7-8-25-21)24(33)30-13-20(31)10-16(30)2/h4-8,11-12,14-16,20,31H,9-10,13H2,1-3H3,(H,27,32)/t15-,16+,20+/m1/s1. The fourth-order valence-electron chi connectivity index (χ4n) is 4.14. The lowest BCUT2D eigenvalue weighted by molar-refractivity contribution is 0.0726. The SMILES string of the molecule is C[C@H](Cc1nncn1C)c1cccc(NC(=O)c2cc(C(=O)N3C[C@@H](O)C[C@@H]3C)ccn2)c1. The second-order valence-electron chi connectivity index (χ2n) is 8.67. The van der Waals surface area contributed by atoms with Crippen molar-refractivity contribution in [3.63, 3.8) is 0 Å². The van der Waals surface area contributed by atoms with Crippen LogP contribution >= 0.6 is 0 Å². The number of aryl methyl sites for hydroxylation is 1. The highest BCUT2D eigenvalue weighted by Gasteiger charge is 2.32. The molecule has 0 radical (unpaired) electrons. The fraction of sp³-hybridized carbons (Fsp3) is 0.375. The van der Waals surface area contributed by atoms with Crippen molar-refractivity contribution < 1.29 is 14.7 Å².